The van der Waals surface area contributed by atoms with Crippen LogP contribution < -0.4 is 10.1 Å². The number of halogens is 5. The van der Waals surface area contributed by atoms with Crippen LogP contribution in [0.25, 0.3) is 0 Å². The van der Waals surface area contributed by atoms with E-state index in [-0.39, 0.29) is 36.6 Å². The van der Waals surface area contributed by atoms with Gasteiger partial charge in [0.25, 0.3) is 0 Å². The van der Waals surface area contributed by atoms with E-state index >= 15 is 0 Å². The van der Waals surface area contributed by atoms with Gasteiger partial charge in [-0.05, 0) is 54.4 Å². The molecule has 0 saturated carbocycles. The lowest BCUT2D eigenvalue weighted by Crippen LogP contribution is -2.41. The molecule has 0 aliphatic carbocycles. The summed E-state index contributed by atoms with van der Waals surface area (Å²) in [6.45, 7) is 2.82. The van der Waals surface area contributed by atoms with Crippen LogP contribution in [0.15, 0.2) is 72.8 Å². The molecule has 0 amide bonds. The fourth-order valence-electron chi connectivity index (χ4n) is 4.37. The van der Waals surface area contributed by atoms with Crippen molar-refractivity contribution in [1.29, 1.82) is 0 Å². The van der Waals surface area contributed by atoms with E-state index in [1.54, 1.807) is 0 Å². The molecule has 1 fully saturated rings. The third-order valence-electron chi connectivity index (χ3n) is 6.37. The van der Waals surface area contributed by atoms with Crippen molar-refractivity contribution < 1.29 is 31.8 Å². The number of alkyl halides is 3. The molecule has 38 heavy (non-hydrogen) atoms. The topological polar surface area (TPSA) is 39.7 Å². The molecule has 206 valence electrons. The lowest BCUT2D eigenvalue weighted by molar-refractivity contribution is -0.137. The molecule has 0 bridgehead atoms. The van der Waals surface area contributed by atoms with Crippen molar-refractivity contribution >= 4 is 12.4 Å². The maximum Gasteiger partial charge on any atom is 0.416 e. The van der Waals surface area contributed by atoms with Gasteiger partial charge in [0.1, 0.15) is 11.6 Å². The van der Waals surface area contributed by atoms with Crippen LogP contribution in [0.5, 0.6) is 5.75 Å². The molecule has 3 aromatic rings. The molecule has 1 aliphatic rings. The van der Waals surface area contributed by atoms with Gasteiger partial charge in [0, 0.05) is 24.4 Å². The van der Waals surface area contributed by atoms with Gasteiger partial charge < -0.3 is 19.5 Å². The Kier molecular flexibility index (Phi) is 11.4. The normalized spacial score (nSPS) is 17.6. The standard InChI is InChI=1S/C29H31F4NO3.ClH/c30-27-12-9-24(29(31,32)33)17-23(27)20-37-28-18-34-14-13-26(28)22-7-10-25(11-8-22)36-16-4-15-35-19-21-5-2-1-3-6-21;/h1-3,5-12,17,26,28,34H,4,13-16,18-20H2;1H. The molecular weight excluding hydrogens is 522 g/mol. The second-order valence-corrected chi connectivity index (χ2v) is 9.06. The Labute approximate surface area is 226 Å². The van der Waals surface area contributed by atoms with Crippen molar-refractivity contribution in [2.45, 2.75) is 44.3 Å². The molecule has 0 radical (unpaired) electrons. The summed E-state index contributed by atoms with van der Waals surface area (Å²) in [5.74, 6) is 0.0834. The van der Waals surface area contributed by atoms with Crippen molar-refractivity contribution in [2.24, 2.45) is 0 Å². The van der Waals surface area contributed by atoms with Gasteiger partial charge in [-0.2, -0.15) is 13.2 Å². The molecule has 9 heteroatoms. The molecule has 1 aliphatic heterocycles. The maximum atomic E-state index is 14.1. The molecule has 0 spiro atoms. The Morgan fingerprint density at radius 1 is 0.895 bits per heavy atom. The zero-order valence-corrected chi connectivity index (χ0v) is 21.7. The second-order valence-electron chi connectivity index (χ2n) is 9.06. The van der Waals surface area contributed by atoms with E-state index in [9.17, 15) is 17.6 Å². The lowest BCUT2D eigenvalue weighted by atomic mass is 9.87. The number of nitrogens with one attached hydrogen (secondary N) is 1. The quantitative estimate of drug-likeness (QED) is 0.207. The number of hydrogen-bond donors (Lipinski definition) is 1. The van der Waals surface area contributed by atoms with E-state index in [0.29, 0.717) is 26.4 Å². The smallest absolute Gasteiger partial charge is 0.416 e. The highest BCUT2D eigenvalue weighted by Crippen LogP contribution is 2.32. The van der Waals surface area contributed by atoms with E-state index in [0.717, 1.165) is 54.5 Å². The Morgan fingerprint density at radius 3 is 2.39 bits per heavy atom. The van der Waals surface area contributed by atoms with E-state index in [1.165, 1.54) is 0 Å². The van der Waals surface area contributed by atoms with Gasteiger partial charge in [-0.1, -0.05) is 42.5 Å². The van der Waals surface area contributed by atoms with Gasteiger partial charge in [0.15, 0.2) is 0 Å². The second kappa shape index (κ2) is 14.5. The summed E-state index contributed by atoms with van der Waals surface area (Å²) in [6.07, 6.45) is -3.26. The van der Waals surface area contributed by atoms with Crippen LogP contribution in [0.3, 0.4) is 0 Å². The molecule has 4 rings (SSSR count). The average Bonchev–Trinajstić information content (AvgIpc) is 2.91. The third-order valence-corrected chi connectivity index (χ3v) is 6.37. The minimum atomic E-state index is -4.53. The number of hydrogen-bond acceptors (Lipinski definition) is 4. The first-order chi connectivity index (χ1) is 17.9. The zero-order chi connectivity index (χ0) is 26.1. The summed E-state index contributed by atoms with van der Waals surface area (Å²) < 4.78 is 70.6. The Balaban J connectivity index is 0.00000400. The highest BCUT2D eigenvalue weighted by molar-refractivity contribution is 5.85. The van der Waals surface area contributed by atoms with Crippen LogP contribution in [-0.4, -0.2) is 32.4 Å². The van der Waals surface area contributed by atoms with Crippen LogP contribution in [0.2, 0.25) is 0 Å². The van der Waals surface area contributed by atoms with Gasteiger partial charge in [0.05, 0.1) is 38.1 Å². The van der Waals surface area contributed by atoms with Gasteiger partial charge in [0.2, 0.25) is 0 Å². The largest absolute Gasteiger partial charge is 0.494 e. The summed E-state index contributed by atoms with van der Waals surface area (Å²) in [6, 6.07) is 20.2. The van der Waals surface area contributed by atoms with E-state index in [2.05, 4.69) is 5.32 Å². The Morgan fingerprint density at radius 2 is 1.66 bits per heavy atom. The number of benzene rings is 3. The van der Waals surface area contributed by atoms with E-state index in [1.807, 2.05) is 54.6 Å². The molecule has 3 aromatic carbocycles. The Hall–Kier alpha value is -2.65. The minimum absolute atomic E-state index is 0. The predicted molar refractivity (Wildman–Crippen MR) is 140 cm³/mol. The van der Waals surface area contributed by atoms with Crippen molar-refractivity contribution in [3.05, 3.63) is 101 Å². The van der Waals surface area contributed by atoms with E-state index in [4.69, 9.17) is 14.2 Å². The highest BCUT2D eigenvalue weighted by atomic mass is 35.5. The van der Waals surface area contributed by atoms with Gasteiger partial charge >= 0.3 is 6.18 Å². The van der Waals surface area contributed by atoms with Gasteiger partial charge in [-0.15, -0.1) is 12.4 Å². The van der Waals surface area contributed by atoms with E-state index < -0.39 is 17.6 Å². The van der Waals surface area contributed by atoms with Crippen molar-refractivity contribution in [3.63, 3.8) is 0 Å². The van der Waals surface area contributed by atoms with Crippen LogP contribution in [-0.2, 0) is 28.9 Å². The molecule has 2 unspecified atom stereocenters. The average molecular weight is 554 g/mol. The van der Waals surface area contributed by atoms with Crippen LogP contribution in [0, 0.1) is 5.82 Å². The fraction of sp³-hybridized carbons (Fsp3) is 0.379. The number of rotatable bonds is 11. The summed E-state index contributed by atoms with van der Waals surface area (Å²) >= 11 is 0. The molecular formula is C29H32ClF4NO3. The molecule has 1 saturated heterocycles. The molecule has 2 atom stereocenters. The first-order valence-corrected chi connectivity index (χ1v) is 12.4. The number of ether oxygens (including phenoxy) is 3. The number of piperidine rings is 1. The summed E-state index contributed by atoms with van der Waals surface area (Å²) in [5, 5.41) is 3.25. The summed E-state index contributed by atoms with van der Waals surface area (Å²) in [5.41, 5.74) is 1.20. The zero-order valence-electron chi connectivity index (χ0n) is 20.9. The Bertz CT molecular complexity index is 1110. The van der Waals surface area contributed by atoms with Crippen LogP contribution >= 0.6 is 12.4 Å². The van der Waals surface area contributed by atoms with Crippen molar-refractivity contribution in [3.8, 4) is 5.75 Å². The summed E-state index contributed by atoms with van der Waals surface area (Å²) in [7, 11) is 0. The first-order valence-electron chi connectivity index (χ1n) is 12.4. The van der Waals surface area contributed by atoms with Crippen molar-refractivity contribution in [1.82, 2.24) is 5.32 Å². The summed E-state index contributed by atoms with van der Waals surface area (Å²) in [4.78, 5) is 0. The predicted octanol–water partition coefficient (Wildman–Crippen LogP) is 6.91. The van der Waals surface area contributed by atoms with Gasteiger partial charge in [-0.25, -0.2) is 4.39 Å². The molecule has 1 heterocycles. The van der Waals surface area contributed by atoms with Crippen LogP contribution in [0.1, 0.15) is 41.0 Å². The minimum Gasteiger partial charge on any atom is -0.494 e. The van der Waals surface area contributed by atoms with Crippen LogP contribution in [0.4, 0.5) is 17.6 Å². The molecule has 4 nitrogen and oxygen atoms in total. The maximum absolute atomic E-state index is 14.1. The lowest BCUT2D eigenvalue weighted by Gasteiger charge is -2.32. The monoisotopic (exact) mass is 553 g/mol. The SMILES string of the molecule is Cl.Fc1ccc(C(F)(F)F)cc1COC1CNCCC1c1ccc(OCCCOCc2ccccc2)cc1. The first kappa shape index (κ1) is 29.9. The fourth-order valence-corrected chi connectivity index (χ4v) is 4.37. The van der Waals surface area contributed by atoms with Gasteiger partial charge in [-0.3, -0.25) is 0 Å². The highest BCUT2D eigenvalue weighted by Gasteiger charge is 2.32. The third kappa shape index (κ3) is 8.70. The van der Waals surface area contributed by atoms with Crippen molar-refractivity contribution in [2.75, 3.05) is 26.3 Å². The molecule has 0 aromatic heterocycles. The molecule has 1 N–H and O–H groups in total.